The minimum Gasteiger partial charge on any atom is -0.507 e. The van der Waals surface area contributed by atoms with Crippen molar-refractivity contribution in [3.05, 3.63) is 65.7 Å². The van der Waals surface area contributed by atoms with E-state index in [1.165, 1.54) is 0 Å². The number of carbonyl (C=O) groups is 1. The van der Waals surface area contributed by atoms with Gasteiger partial charge in [0, 0.05) is 23.4 Å². The normalized spacial score (nSPS) is 11.3. The summed E-state index contributed by atoms with van der Waals surface area (Å²) in [5.74, 6) is 0.323. The molecule has 2 aromatic carbocycles. The van der Waals surface area contributed by atoms with Gasteiger partial charge in [-0.05, 0) is 48.6 Å². The van der Waals surface area contributed by atoms with Gasteiger partial charge < -0.3 is 10.0 Å². The lowest BCUT2D eigenvalue weighted by Gasteiger charge is -2.29. The zero-order valence-electron chi connectivity index (χ0n) is 16.5. The van der Waals surface area contributed by atoms with Crippen LogP contribution in [0.4, 0.5) is 5.69 Å². The van der Waals surface area contributed by atoms with E-state index in [4.69, 9.17) is 0 Å². The Morgan fingerprint density at radius 3 is 2.35 bits per heavy atom. The number of nitrogens with zero attached hydrogens (tertiary/aromatic N) is 1. The van der Waals surface area contributed by atoms with E-state index in [0.717, 1.165) is 16.8 Å². The number of ketones is 1. The molecule has 0 amide bonds. The second-order valence-electron chi connectivity index (χ2n) is 8.12. The first-order valence-corrected chi connectivity index (χ1v) is 8.92. The SMILES string of the molecule is C=C(c1c(C)cccc1O)N(CC(=O)CC(C)(C)C)c1cccc(C)c1. The molecule has 1 N–H and O–H groups in total. The minimum absolute atomic E-state index is 0.0680. The molecule has 0 saturated carbocycles. The molecule has 0 saturated heterocycles. The van der Waals surface area contributed by atoms with Crippen molar-refractivity contribution in [2.24, 2.45) is 5.41 Å². The van der Waals surface area contributed by atoms with Crippen LogP contribution in [0.15, 0.2) is 49.0 Å². The van der Waals surface area contributed by atoms with Crippen LogP contribution in [0.1, 0.15) is 43.9 Å². The van der Waals surface area contributed by atoms with E-state index < -0.39 is 0 Å². The van der Waals surface area contributed by atoms with Crippen LogP contribution in [0.2, 0.25) is 0 Å². The molecule has 2 rings (SSSR count). The van der Waals surface area contributed by atoms with Gasteiger partial charge in [0.1, 0.15) is 5.75 Å². The molecule has 3 heteroatoms. The van der Waals surface area contributed by atoms with E-state index in [1.807, 2.05) is 55.1 Å². The highest BCUT2D eigenvalue weighted by Crippen LogP contribution is 2.33. The van der Waals surface area contributed by atoms with Gasteiger partial charge in [0.25, 0.3) is 0 Å². The molecule has 0 bridgehead atoms. The topological polar surface area (TPSA) is 40.5 Å². The summed E-state index contributed by atoms with van der Waals surface area (Å²) in [5, 5.41) is 10.4. The molecule has 0 aromatic heterocycles. The highest BCUT2D eigenvalue weighted by atomic mass is 16.3. The van der Waals surface area contributed by atoms with Crippen LogP contribution in [0.25, 0.3) is 5.70 Å². The van der Waals surface area contributed by atoms with E-state index >= 15 is 0 Å². The molecule has 0 fully saturated rings. The molecule has 26 heavy (non-hydrogen) atoms. The number of aromatic hydroxyl groups is 1. The van der Waals surface area contributed by atoms with Crippen molar-refractivity contribution >= 4 is 17.2 Å². The third kappa shape index (κ3) is 4.98. The average molecular weight is 351 g/mol. The van der Waals surface area contributed by atoms with Gasteiger partial charge in [-0.2, -0.15) is 0 Å². The summed E-state index contributed by atoms with van der Waals surface area (Å²) in [6, 6.07) is 13.4. The van der Waals surface area contributed by atoms with Crippen molar-refractivity contribution in [1.82, 2.24) is 0 Å². The first-order chi connectivity index (χ1) is 12.1. The van der Waals surface area contributed by atoms with Crippen molar-refractivity contribution in [3.63, 3.8) is 0 Å². The quantitative estimate of drug-likeness (QED) is 0.748. The monoisotopic (exact) mass is 351 g/mol. The van der Waals surface area contributed by atoms with Gasteiger partial charge in [-0.3, -0.25) is 4.79 Å². The lowest BCUT2D eigenvalue weighted by Crippen LogP contribution is -2.30. The summed E-state index contributed by atoms with van der Waals surface area (Å²) in [7, 11) is 0. The largest absolute Gasteiger partial charge is 0.507 e. The predicted octanol–water partition coefficient (Wildman–Crippen LogP) is 5.49. The Hall–Kier alpha value is -2.55. The fourth-order valence-corrected chi connectivity index (χ4v) is 3.12. The van der Waals surface area contributed by atoms with Gasteiger partial charge in [-0.15, -0.1) is 0 Å². The van der Waals surface area contributed by atoms with Crippen molar-refractivity contribution in [3.8, 4) is 5.75 Å². The number of Topliss-reactive ketones (excluding diaryl/α,β-unsaturated/α-hetero) is 1. The van der Waals surface area contributed by atoms with Crippen LogP contribution in [0, 0.1) is 19.3 Å². The minimum atomic E-state index is -0.0680. The van der Waals surface area contributed by atoms with Crippen molar-refractivity contribution in [2.75, 3.05) is 11.4 Å². The van der Waals surface area contributed by atoms with E-state index in [2.05, 4.69) is 27.4 Å². The van der Waals surface area contributed by atoms with Crippen LogP contribution in [-0.2, 0) is 4.79 Å². The first-order valence-electron chi connectivity index (χ1n) is 8.92. The van der Waals surface area contributed by atoms with Crippen molar-refractivity contribution in [1.29, 1.82) is 0 Å². The summed E-state index contributed by atoms with van der Waals surface area (Å²) < 4.78 is 0. The van der Waals surface area contributed by atoms with Crippen LogP contribution >= 0.6 is 0 Å². The number of aryl methyl sites for hydroxylation is 2. The Morgan fingerprint density at radius 1 is 1.12 bits per heavy atom. The van der Waals surface area contributed by atoms with E-state index in [0.29, 0.717) is 17.7 Å². The standard InChI is InChI=1S/C23H29NO2/c1-16-9-7-11-19(13-16)24(15-20(25)14-23(4,5)6)18(3)22-17(2)10-8-12-21(22)26/h7-13,26H,3,14-15H2,1-2,4-6H3. The predicted molar refractivity (Wildman–Crippen MR) is 109 cm³/mol. The summed E-state index contributed by atoms with van der Waals surface area (Å²) in [4.78, 5) is 14.6. The average Bonchev–Trinajstić information content (AvgIpc) is 2.50. The molecule has 138 valence electrons. The number of carbonyl (C=O) groups excluding carboxylic acids is 1. The van der Waals surface area contributed by atoms with Gasteiger partial charge in [0.15, 0.2) is 5.78 Å². The number of benzene rings is 2. The number of phenolic OH excluding ortho intramolecular Hbond substituents is 1. The van der Waals surface area contributed by atoms with E-state index in [9.17, 15) is 9.90 Å². The molecule has 0 radical (unpaired) electrons. The van der Waals surface area contributed by atoms with Gasteiger partial charge in [-0.25, -0.2) is 0 Å². The van der Waals surface area contributed by atoms with Gasteiger partial charge in [0.2, 0.25) is 0 Å². The highest BCUT2D eigenvalue weighted by molar-refractivity contribution is 5.91. The highest BCUT2D eigenvalue weighted by Gasteiger charge is 2.22. The van der Waals surface area contributed by atoms with Crippen LogP contribution in [0.3, 0.4) is 0 Å². The number of hydrogen-bond donors (Lipinski definition) is 1. The molecule has 0 aliphatic rings. The molecule has 2 aromatic rings. The number of rotatable bonds is 6. The number of anilines is 1. The fraction of sp³-hybridized carbons (Fsp3) is 0.348. The molecule has 0 heterocycles. The molecule has 3 nitrogen and oxygen atoms in total. The van der Waals surface area contributed by atoms with E-state index in [-0.39, 0.29) is 23.5 Å². The maximum absolute atomic E-state index is 12.7. The molecular formula is C23H29NO2. The maximum Gasteiger partial charge on any atom is 0.153 e. The van der Waals surface area contributed by atoms with Crippen molar-refractivity contribution < 1.29 is 9.90 Å². The van der Waals surface area contributed by atoms with Crippen molar-refractivity contribution in [2.45, 2.75) is 41.0 Å². The number of hydrogen-bond acceptors (Lipinski definition) is 3. The summed E-state index contributed by atoms with van der Waals surface area (Å²) in [6.07, 6.45) is 0.488. The number of phenols is 1. The Balaban J connectivity index is 2.43. The Bertz CT molecular complexity index is 795. The van der Waals surface area contributed by atoms with Crippen LogP contribution < -0.4 is 4.90 Å². The summed E-state index contributed by atoms with van der Waals surface area (Å²) >= 11 is 0. The molecule has 0 spiro atoms. The zero-order valence-corrected chi connectivity index (χ0v) is 16.5. The third-order valence-corrected chi connectivity index (χ3v) is 4.24. The van der Waals surface area contributed by atoms with Crippen LogP contribution in [0.5, 0.6) is 5.75 Å². The Labute approximate surface area is 157 Å². The van der Waals surface area contributed by atoms with E-state index in [1.54, 1.807) is 6.07 Å². The zero-order chi connectivity index (χ0) is 19.5. The Kier molecular flexibility index (Phi) is 5.91. The first kappa shape index (κ1) is 19.8. The van der Waals surface area contributed by atoms with Gasteiger partial charge in [0.05, 0.1) is 6.54 Å². The molecule has 0 aliphatic heterocycles. The smallest absolute Gasteiger partial charge is 0.153 e. The second kappa shape index (κ2) is 7.77. The third-order valence-electron chi connectivity index (χ3n) is 4.24. The second-order valence-corrected chi connectivity index (χ2v) is 8.12. The molecular weight excluding hydrogens is 322 g/mol. The summed E-state index contributed by atoms with van der Waals surface area (Å²) in [5.41, 5.74) is 4.18. The van der Waals surface area contributed by atoms with Crippen LogP contribution in [-0.4, -0.2) is 17.4 Å². The maximum atomic E-state index is 12.7. The molecule has 0 unspecified atom stereocenters. The lowest BCUT2D eigenvalue weighted by atomic mass is 9.89. The van der Waals surface area contributed by atoms with Gasteiger partial charge in [-0.1, -0.05) is 51.6 Å². The lowest BCUT2D eigenvalue weighted by molar-refractivity contribution is -0.119. The van der Waals surface area contributed by atoms with Gasteiger partial charge >= 0.3 is 0 Å². The molecule has 0 aliphatic carbocycles. The summed E-state index contributed by atoms with van der Waals surface area (Å²) in [6.45, 7) is 14.6. The Morgan fingerprint density at radius 2 is 1.77 bits per heavy atom. The molecule has 0 atom stereocenters. The fourth-order valence-electron chi connectivity index (χ4n) is 3.12.